The predicted molar refractivity (Wildman–Crippen MR) is 77.9 cm³/mol. The fourth-order valence-corrected chi connectivity index (χ4v) is 2.75. The van der Waals surface area contributed by atoms with Crippen molar-refractivity contribution in [1.82, 2.24) is 0 Å². The Morgan fingerprint density at radius 2 is 2.17 bits per heavy atom. The zero-order valence-electron chi connectivity index (χ0n) is 11.8. The van der Waals surface area contributed by atoms with E-state index in [1.807, 2.05) is 12.3 Å². The normalized spacial score (nSPS) is 27.8. The monoisotopic (exact) mass is 245 g/mol. The van der Waals surface area contributed by atoms with E-state index in [-0.39, 0.29) is 6.04 Å². The van der Waals surface area contributed by atoms with E-state index in [9.17, 15) is 0 Å². The summed E-state index contributed by atoms with van der Waals surface area (Å²) in [6.07, 6.45) is 5.73. The van der Waals surface area contributed by atoms with Crippen LogP contribution in [0.3, 0.4) is 0 Å². The maximum absolute atomic E-state index is 6.11. The molecule has 3 nitrogen and oxygen atoms in total. The highest BCUT2D eigenvalue weighted by Gasteiger charge is 2.31. The van der Waals surface area contributed by atoms with Crippen LogP contribution in [0.5, 0.6) is 0 Å². The van der Waals surface area contributed by atoms with Crippen molar-refractivity contribution in [3.63, 3.8) is 0 Å². The van der Waals surface area contributed by atoms with Crippen LogP contribution >= 0.6 is 0 Å². The van der Waals surface area contributed by atoms with Crippen molar-refractivity contribution in [3.05, 3.63) is 23.0 Å². The second-order valence-corrected chi connectivity index (χ2v) is 5.45. The Morgan fingerprint density at radius 3 is 2.78 bits per heavy atom. The molecule has 2 aliphatic rings. The van der Waals surface area contributed by atoms with Gasteiger partial charge in [-0.25, -0.2) is 0 Å². The summed E-state index contributed by atoms with van der Waals surface area (Å²) < 4.78 is 0. The third kappa shape index (κ3) is 2.26. The number of rotatable bonds is 2. The Hall–Kier alpha value is -1.38. The molecule has 0 radical (unpaired) electrons. The predicted octanol–water partition coefficient (Wildman–Crippen LogP) is 3.08. The molecule has 2 atom stereocenters. The molecule has 3 heteroatoms. The molecule has 0 aliphatic carbocycles. The van der Waals surface area contributed by atoms with Crippen LogP contribution in [0.2, 0.25) is 0 Å². The first-order valence-electron chi connectivity index (χ1n) is 6.84. The summed E-state index contributed by atoms with van der Waals surface area (Å²) in [6, 6.07) is 0.258. The van der Waals surface area contributed by atoms with Crippen molar-refractivity contribution in [3.8, 4) is 0 Å². The van der Waals surface area contributed by atoms with Crippen molar-refractivity contribution in [2.75, 3.05) is 0 Å². The highest BCUT2D eigenvalue weighted by Crippen LogP contribution is 2.35. The van der Waals surface area contributed by atoms with Crippen LogP contribution < -0.4 is 5.73 Å². The summed E-state index contributed by atoms with van der Waals surface area (Å²) in [4.78, 5) is 9.36. The number of allylic oxidation sites excluding steroid dienone is 4. The van der Waals surface area contributed by atoms with E-state index < -0.39 is 0 Å². The van der Waals surface area contributed by atoms with E-state index in [0.717, 1.165) is 24.3 Å². The standard InChI is InChI=1S/C15H23N3/c1-5-14-11(9(2)3)8-12-10(4)17-7-6-13(16)15(12)18-14/h6-7,9-10,12H,5,8,16H2,1-4H3. The second-order valence-electron chi connectivity index (χ2n) is 5.45. The number of fused-ring (bicyclic) bond motifs is 1. The molecule has 2 heterocycles. The zero-order chi connectivity index (χ0) is 13.3. The van der Waals surface area contributed by atoms with Gasteiger partial charge in [0.25, 0.3) is 0 Å². The van der Waals surface area contributed by atoms with Crippen LogP contribution in [-0.2, 0) is 0 Å². The van der Waals surface area contributed by atoms with Crippen LogP contribution in [0.15, 0.2) is 33.0 Å². The van der Waals surface area contributed by atoms with Crippen LogP contribution in [0, 0.1) is 11.8 Å². The van der Waals surface area contributed by atoms with Gasteiger partial charge >= 0.3 is 0 Å². The third-order valence-electron chi connectivity index (χ3n) is 3.90. The average molecular weight is 245 g/mol. The molecular weight excluding hydrogens is 222 g/mol. The smallest absolute Gasteiger partial charge is 0.0691 e. The van der Waals surface area contributed by atoms with Crippen LogP contribution in [0.4, 0.5) is 0 Å². The topological polar surface area (TPSA) is 50.7 Å². The van der Waals surface area contributed by atoms with Crippen LogP contribution in [0.1, 0.15) is 40.5 Å². The highest BCUT2D eigenvalue weighted by atomic mass is 14.9. The van der Waals surface area contributed by atoms with E-state index in [1.165, 1.54) is 11.3 Å². The van der Waals surface area contributed by atoms with Gasteiger partial charge < -0.3 is 5.73 Å². The highest BCUT2D eigenvalue weighted by molar-refractivity contribution is 6.06. The molecule has 2 aliphatic heterocycles. The number of hydrogen-bond donors (Lipinski definition) is 1. The minimum atomic E-state index is 0.258. The third-order valence-corrected chi connectivity index (χ3v) is 3.90. The summed E-state index contributed by atoms with van der Waals surface area (Å²) in [7, 11) is 0. The fourth-order valence-electron chi connectivity index (χ4n) is 2.75. The molecule has 2 N–H and O–H groups in total. The van der Waals surface area contributed by atoms with Gasteiger partial charge in [0.2, 0.25) is 0 Å². The van der Waals surface area contributed by atoms with Crippen LogP contribution in [0.25, 0.3) is 0 Å². The molecule has 0 saturated carbocycles. The Bertz CT molecular complexity index is 452. The Kier molecular flexibility index (Phi) is 3.69. The Labute approximate surface area is 110 Å². The minimum Gasteiger partial charge on any atom is -0.397 e. The van der Waals surface area contributed by atoms with Gasteiger partial charge in [0.05, 0.1) is 17.5 Å². The summed E-state index contributed by atoms with van der Waals surface area (Å²) >= 11 is 0. The maximum Gasteiger partial charge on any atom is 0.0691 e. The van der Waals surface area contributed by atoms with E-state index in [1.54, 1.807) is 0 Å². The van der Waals surface area contributed by atoms with Crippen LogP contribution in [-0.4, -0.2) is 18.0 Å². The van der Waals surface area contributed by atoms with Crippen molar-refractivity contribution in [2.24, 2.45) is 27.6 Å². The molecule has 0 bridgehead atoms. The average Bonchev–Trinajstić information content (AvgIpc) is 2.48. The lowest BCUT2D eigenvalue weighted by Crippen LogP contribution is -2.32. The van der Waals surface area contributed by atoms with E-state index in [2.05, 4.69) is 32.7 Å². The molecule has 0 amide bonds. The molecule has 98 valence electrons. The lowest BCUT2D eigenvalue weighted by molar-refractivity contribution is 0.522. The summed E-state index contributed by atoms with van der Waals surface area (Å²) in [5, 5.41) is 0. The van der Waals surface area contributed by atoms with Gasteiger partial charge in [-0.05, 0) is 37.3 Å². The van der Waals surface area contributed by atoms with Crippen molar-refractivity contribution < 1.29 is 0 Å². The summed E-state index contributed by atoms with van der Waals surface area (Å²) in [6.45, 7) is 8.81. The molecule has 0 aromatic carbocycles. The van der Waals surface area contributed by atoms with E-state index in [0.29, 0.717) is 11.8 Å². The van der Waals surface area contributed by atoms with Crippen molar-refractivity contribution in [2.45, 2.75) is 46.6 Å². The van der Waals surface area contributed by atoms with Crippen molar-refractivity contribution >= 4 is 11.9 Å². The molecule has 0 saturated heterocycles. The van der Waals surface area contributed by atoms with Gasteiger partial charge in [-0.1, -0.05) is 20.8 Å². The number of aliphatic imine (C=N–C) groups is 2. The Balaban J connectivity index is 2.46. The first kappa shape index (κ1) is 13.1. The fraction of sp³-hybridized carbons (Fsp3) is 0.600. The quantitative estimate of drug-likeness (QED) is 0.798. The summed E-state index contributed by atoms with van der Waals surface area (Å²) in [5.41, 5.74) is 10.6. The molecule has 2 unspecified atom stereocenters. The largest absolute Gasteiger partial charge is 0.397 e. The van der Waals surface area contributed by atoms with Gasteiger partial charge in [0.15, 0.2) is 0 Å². The molecule has 0 spiro atoms. The zero-order valence-corrected chi connectivity index (χ0v) is 11.8. The van der Waals surface area contributed by atoms with E-state index >= 15 is 0 Å². The second kappa shape index (κ2) is 5.09. The first-order chi connectivity index (χ1) is 8.54. The van der Waals surface area contributed by atoms with Gasteiger partial charge in [0, 0.05) is 17.8 Å². The molecule has 0 aromatic heterocycles. The number of nitrogens with zero attached hydrogens (tertiary/aromatic N) is 2. The number of hydrogen-bond acceptors (Lipinski definition) is 3. The molecule has 0 fully saturated rings. The minimum absolute atomic E-state index is 0.258. The molecule has 18 heavy (non-hydrogen) atoms. The number of nitrogens with two attached hydrogens (primary N) is 1. The molecule has 0 aromatic rings. The molecule has 2 rings (SSSR count). The van der Waals surface area contributed by atoms with Gasteiger partial charge in [-0.2, -0.15) is 0 Å². The lowest BCUT2D eigenvalue weighted by atomic mass is 9.81. The van der Waals surface area contributed by atoms with Gasteiger partial charge in [-0.15, -0.1) is 0 Å². The molecular formula is C15H23N3. The SMILES string of the molecule is CCC1=C(C(C)C)CC2C(=N1)C(N)=CC=NC2C. The van der Waals surface area contributed by atoms with Gasteiger partial charge in [-0.3, -0.25) is 9.98 Å². The summed E-state index contributed by atoms with van der Waals surface area (Å²) in [5.74, 6) is 0.891. The first-order valence-corrected chi connectivity index (χ1v) is 6.84. The Morgan fingerprint density at radius 1 is 1.44 bits per heavy atom. The maximum atomic E-state index is 6.11. The van der Waals surface area contributed by atoms with Gasteiger partial charge in [0.1, 0.15) is 0 Å². The van der Waals surface area contributed by atoms with E-state index in [4.69, 9.17) is 10.7 Å². The lowest BCUT2D eigenvalue weighted by Gasteiger charge is -2.30. The van der Waals surface area contributed by atoms with Crippen molar-refractivity contribution in [1.29, 1.82) is 0 Å².